The van der Waals surface area contributed by atoms with E-state index in [0.717, 1.165) is 17.0 Å². The van der Waals surface area contributed by atoms with Gasteiger partial charge in [0.1, 0.15) is 11.5 Å². The standard InChI is InChI=1S/C16H12F3N3O3S/c1-26(24,25)11-4-2-10(3-5-11)15-21-14(16(17,18)19)9-22(15)12-8-20-7-6-13(12)23/h2-9H,1H3,(H,20,23). The lowest BCUT2D eigenvalue weighted by molar-refractivity contribution is -0.140. The number of rotatable bonds is 3. The minimum Gasteiger partial charge on any atom is -0.366 e. The number of imidazole rings is 1. The Morgan fingerprint density at radius 1 is 1.12 bits per heavy atom. The van der Waals surface area contributed by atoms with Gasteiger partial charge in [-0.25, -0.2) is 13.4 Å². The van der Waals surface area contributed by atoms with E-state index in [9.17, 15) is 26.4 Å². The molecule has 0 unspecified atom stereocenters. The molecule has 0 fully saturated rings. The Balaban J connectivity index is 2.22. The average molecular weight is 383 g/mol. The van der Waals surface area contributed by atoms with E-state index in [1.54, 1.807) is 0 Å². The molecule has 3 aromatic rings. The van der Waals surface area contributed by atoms with Crippen molar-refractivity contribution in [2.45, 2.75) is 11.1 Å². The van der Waals surface area contributed by atoms with E-state index in [0.29, 0.717) is 0 Å². The summed E-state index contributed by atoms with van der Waals surface area (Å²) in [6, 6.07) is 6.40. The zero-order valence-electron chi connectivity index (χ0n) is 13.3. The van der Waals surface area contributed by atoms with Crippen LogP contribution in [-0.4, -0.2) is 29.2 Å². The summed E-state index contributed by atoms with van der Waals surface area (Å²) in [6.45, 7) is 0. The zero-order chi connectivity index (χ0) is 19.1. The number of hydrogen-bond acceptors (Lipinski definition) is 4. The number of benzene rings is 1. The molecule has 26 heavy (non-hydrogen) atoms. The second kappa shape index (κ2) is 6.13. The van der Waals surface area contributed by atoms with Crippen LogP contribution < -0.4 is 5.43 Å². The van der Waals surface area contributed by atoms with Gasteiger partial charge >= 0.3 is 6.18 Å². The van der Waals surface area contributed by atoms with Gasteiger partial charge in [-0.2, -0.15) is 13.2 Å². The molecule has 0 saturated carbocycles. The molecule has 0 bridgehead atoms. The number of pyridine rings is 1. The van der Waals surface area contributed by atoms with Crippen LogP contribution in [0.3, 0.4) is 0 Å². The lowest BCUT2D eigenvalue weighted by Gasteiger charge is -2.07. The van der Waals surface area contributed by atoms with Crippen molar-refractivity contribution in [2.75, 3.05) is 6.26 Å². The number of halogens is 3. The monoisotopic (exact) mass is 383 g/mol. The molecule has 0 saturated heterocycles. The topological polar surface area (TPSA) is 84.8 Å². The Kier molecular flexibility index (Phi) is 4.23. The van der Waals surface area contributed by atoms with Crippen molar-refractivity contribution in [3.63, 3.8) is 0 Å². The second-order valence-corrected chi connectivity index (χ2v) is 7.52. The fourth-order valence-corrected chi connectivity index (χ4v) is 2.98. The molecule has 0 aliphatic carbocycles. The minimum atomic E-state index is -4.70. The maximum absolute atomic E-state index is 13.1. The van der Waals surface area contributed by atoms with Crippen molar-refractivity contribution in [1.82, 2.24) is 14.5 Å². The van der Waals surface area contributed by atoms with Gasteiger partial charge in [0, 0.05) is 36.5 Å². The molecule has 0 spiro atoms. The molecule has 0 radical (unpaired) electrons. The predicted molar refractivity (Wildman–Crippen MR) is 87.7 cm³/mol. The molecule has 6 nitrogen and oxygen atoms in total. The first-order valence-corrected chi connectivity index (χ1v) is 9.11. The SMILES string of the molecule is CS(=O)(=O)c1ccc(-c2nc(C(F)(F)F)cn2-c2c[nH]ccc2=O)cc1. The van der Waals surface area contributed by atoms with Gasteiger partial charge in [-0.15, -0.1) is 0 Å². The number of sulfone groups is 1. The van der Waals surface area contributed by atoms with E-state index in [1.165, 1.54) is 42.7 Å². The molecular formula is C16H12F3N3O3S. The van der Waals surface area contributed by atoms with Crippen LogP contribution in [0, 0.1) is 0 Å². The summed E-state index contributed by atoms with van der Waals surface area (Å²) >= 11 is 0. The zero-order valence-corrected chi connectivity index (χ0v) is 14.1. The first-order chi connectivity index (χ1) is 12.1. The van der Waals surface area contributed by atoms with Crippen LogP contribution in [-0.2, 0) is 16.0 Å². The fourth-order valence-electron chi connectivity index (χ4n) is 2.35. The van der Waals surface area contributed by atoms with Crippen molar-refractivity contribution in [3.05, 3.63) is 64.8 Å². The van der Waals surface area contributed by atoms with Gasteiger partial charge in [0.05, 0.1) is 4.90 Å². The number of aromatic amines is 1. The van der Waals surface area contributed by atoms with Gasteiger partial charge in [-0.3, -0.25) is 9.36 Å². The van der Waals surface area contributed by atoms with Gasteiger partial charge in [0.25, 0.3) is 0 Å². The van der Waals surface area contributed by atoms with E-state index in [1.807, 2.05) is 0 Å². The highest BCUT2D eigenvalue weighted by Crippen LogP contribution is 2.32. The molecule has 2 aromatic heterocycles. The summed E-state index contributed by atoms with van der Waals surface area (Å²) < 4.78 is 63.4. The van der Waals surface area contributed by atoms with E-state index in [-0.39, 0.29) is 22.0 Å². The third-order valence-electron chi connectivity index (χ3n) is 3.60. The highest BCUT2D eigenvalue weighted by Gasteiger charge is 2.35. The fraction of sp³-hybridized carbons (Fsp3) is 0.125. The summed E-state index contributed by atoms with van der Waals surface area (Å²) in [5.74, 6) is -0.130. The van der Waals surface area contributed by atoms with Gasteiger partial charge in [-0.1, -0.05) is 0 Å². The van der Waals surface area contributed by atoms with Crippen molar-refractivity contribution in [3.8, 4) is 17.1 Å². The number of H-pyrrole nitrogens is 1. The van der Waals surface area contributed by atoms with Gasteiger partial charge < -0.3 is 4.98 Å². The Bertz CT molecular complexity index is 1110. The lowest BCUT2D eigenvalue weighted by Crippen LogP contribution is -2.11. The van der Waals surface area contributed by atoms with Crippen molar-refractivity contribution in [1.29, 1.82) is 0 Å². The Morgan fingerprint density at radius 3 is 2.31 bits per heavy atom. The summed E-state index contributed by atoms with van der Waals surface area (Å²) in [5.41, 5.74) is -1.47. The molecular weight excluding hydrogens is 371 g/mol. The normalized spacial score (nSPS) is 12.3. The van der Waals surface area contributed by atoms with Crippen LogP contribution in [0.4, 0.5) is 13.2 Å². The molecule has 3 rings (SSSR count). The number of hydrogen-bond donors (Lipinski definition) is 1. The molecule has 0 aliphatic rings. The van der Waals surface area contributed by atoms with Gasteiger partial charge in [0.15, 0.2) is 15.5 Å². The molecule has 1 aromatic carbocycles. The van der Waals surface area contributed by atoms with Crippen molar-refractivity contribution in [2.24, 2.45) is 0 Å². The van der Waals surface area contributed by atoms with Gasteiger partial charge in [-0.05, 0) is 24.3 Å². The maximum Gasteiger partial charge on any atom is 0.434 e. The summed E-state index contributed by atoms with van der Waals surface area (Å²) in [4.78, 5) is 18.3. The van der Waals surface area contributed by atoms with E-state index < -0.39 is 27.1 Å². The number of nitrogens with zero attached hydrogens (tertiary/aromatic N) is 2. The van der Waals surface area contributed by atoms with Crippen molar-refractivity contribution >= 4 is 9.84 Å². The number of alkyl halides is 3. The third-order valence-corrected chi connectivity index (χ3v) is 4.73. The van der Waals surface area contributed by atoms with Crippen LogP contribution in [0.2, 0.25) is 0 Å². The highest BCUT2D eigenvalue weighted by atomic mass is 32.2. The van der Waals surface area contributed by atoms with E-state index in [4.69, 9.17) is 0 Å². The van der Waals surface area contributed by atoms with Crippen LogP contribution >= 0.6 is 0 Å². The smallest absolute Gasteiger partial charge is 0.366 e. The maximum atomic E-state index is 13.1. The summed E-state index contributed by atoms with van der Waals surface area (Å²) in [6.07, 6.45) is -0.334. The minimum absolute atomic E-state index is 0.0213. The molecule has 0 amide bonds. The van der Waals surface area contributed by atoms with E-state index >= 15 is 0 Å². The van der Waals surface area contributed by atoms with Crippen LogP contribution in [0.1, 0.15) is 5.69 Å². The number of aromatic nitrogens is 3. The third kappa shape index (κ3) is 3.40. The predicted octanol–water partition coefficient (Wildman–Crippen LogP) is 2.65. The first kappa shape index (κ1) is 17.9. The molecule has 10 heteroatoms. The highest BCUT2D eigenvalue weighted by molar-refractivity contribution is 7.90. The quantitative estimate of drug-likeness (QED) is 0.754. The number of nitrogens with one attached hydrogen (secondary N) is 1. The lowest BCUT2D eigenvalue weighted by atomic mass is 10.2. The first-order valence-electron chi connectivity index (χ1n) is 7.22. The Hall–Kier alpha value is -2.88. The Labute approximate surface area is 145 Å². The molecule has 0 aliphatic heterocycles. The summed E-state index contributed by atoms with van der Waals surface area (Å²) in [5, 5.41) is 0. The van der Waals surface area contributed by atoms with Crippen molar-refractivity contribution < 1.29 is 21.6 Å². The average Bonchev–Trinajstić information content (AvgIpc) is 3.00. The van der Waals surface area contributed by atoms with Gasteiger partial charge in [0.2, 0.25) is 5.43 Å². The summed E-state index contributed by atoms with van der Waals surface area (Å²) in [7, 11) is -3.45. The largest absolute Gasteiger partial charge is 0.434 e. The van der Waals surface area contributed by atoms with E-state index in [2.05, 4.69) is 9.97 Å². The van der Waals surface area contributed by atoms with Crippen LogP contribution in [0.25, 0.3) is 17.1 Å². The van der Waals surface area contributed by atoms with Crippen LogP contribution in [0.15, 0.2) is 58.6 Å². The molecule has 1 N–H and O–H groups in total. The van der Waals surface area contributed by atoms with Crippen LogP contribution in [0.5, 0.6) is 0 Å². The second-order valence-electron chi connectivity index (χ2n) is 5.51. The molecule has 0 atom stereocenters. The molecule has 136 valence electrons. The Morgan fingerprint density at radius 2 is 1.77 bits per heavy atom. The molecule has 2 heterocycles.